The largest absolute Gasteiger partial charge is 0.468 e. The third-order valence-corrected chi connectivity index (χ3v) is 8.85. The van der Waals surface area contributed by atoms with E-state index in [1.807, 2.05) is 0 Å². The van der Waals surface area contributed by atoms with Gasteiger partial charge < -0.3 is 14.5 Å². The predicted octanol–water partition coefficient (Wildman–Crippen LogP) is 9.23. The molecular formula is C36H62N2O5. The van der Waals surface area contributed by atoms with Gasteiger partial charge in [0.15, 0.2) is 0 Å². The minimum atomic E-state index is -0.732. The van der Waals surface area contributed by atoms with E-state index in [9.17, 15) is 14.9 Å². The third-order valence-electron chi connectivity index (χ3n) is 8.85. The Morgan fingerprint density at radius 2 is 1.72 bits per heavy atom. The predicted molar refractivity (Wildman–Crippen MR) is 177 cm³/mol. The number of likely N-dealkylation sites (tertiary alicyclic amines) is 1. The maximum Gasteiger partial charge on any atom is 0.294 e. The highest BCUT2D eigenvalue weighted by molar-refractivity contribution is 5.36. The first kappa shape index (κ1) is 38.6. The van der Waals surface area contributed by atoms with Crippen LogP contribution in [0.1, 0.15) is 123 Å². The Kier molecular flexibility index (Phi) is 24.4. The van der Waals surface area contributed by atoms with Gasteiger partial charge in [0, 0.05) is 6.54 Å². The molecule has 1 saturated heterocycles. The Morgan fingerprint density at radius 3 is 2.35 bits per heavy atom. The summed E-state index contributed by atoms with van der Waals surface area (Å²) in [5, 5.41) is 9.25. The lowest BCUT2D eigenvalue weighted by molar-refractivity contribution is -0.757. The Balaban J connectivity index is 0.000000355. The van der Waals surface area contributed by atoms with Crippen molar-refractivity contribution in [1.82, 2.24) is 4.90 Å². The van der Waals surface area contributed by atoms with Crippen molar-refractivity contribution in [3.8, 4) is 0 Å². The highest BCUT2D eigenvalue weighted by Gasteiger charge is 2.22. The van der Waals surface area contributed by atoms with Crippen LogP contribution in [0.4, 0.5) is 0 Å². The maximum atomic E-state index is 9.99. The summed E-state index contributed by atoms with van der Waals surface area (Å²) in [6.45, 7) is 11.0. The van der Waals surface area contributed by atoms with Crippen molar-refractivity contribution in [2.24, 2.45) is 17.8 Å². The van der Waals surface area contributed by atoms with Crippen LogP contribution in [-0.4, -0.2) is 49.3 Å². The summed E-state index contributed by atoms with van der Waals surface area (Å²) < 4.78 is 4.65. The van der Waals surface area contributed by atoms with Gasteiger partial charge in [-0.25, -0.2) is 0 Å². The second-order valence-electron chi connectivity index (χ2n) is 12.3. The summed E-state index contributed by atoms with van der Waals surface area (Å²) in [6, 6.07) is 10.9. The Labute approximate surface area is 262 Å². The van der Waals surface area contributed by atoms with E-state index in [1.54, 1.807) is 0 Å². The van der Waals surface area contributed by atoms with Gasteiger partial charge in [-0.2, -0.15) is 0 Å². The van der Waals surface area contributed by atoms with E-state index in [2.05, 4.69) is 77.7 Å². The Bertz CT molecular complexity index is 811. The molecule has 7 heteroatoms. The SMILES string of the molecule is C/C=C\CCCC.CC1CCCC1CCCCCc1ccccc1.O=COCCCN1CCC(CCCO[N+](=O)[O-])CC1. The van der Waals surface area contributed by atoms with Gasteiger partial charge in [-0.15, -0.1) is 10.1 Å². The van der Waals surface area contributed by atoms with Crippen molar-refractivity contribution < 1.29 is 19.5 Å². The number of aryl methyl sites for hydroxylation is 1. The number of unbranched alkanes of at least 4 members (excludes halogenated alkanes) is 4. The molecule has 1 aromatic carbocycles. The fourth-order valence-electron chi connectivity index (χ4n) is 6.13. The minimum Gasteiger partial charge on any atom is -0.468 e. The van der Waals surface area contributed by atoms with Crippen molar-refractivity contribution in [1.29, 1.82) is 0 Å². The van der Waals surface area contributed by atoms with Crippen molar-refractivity contribution in [3.63, 3.8) is 0 Å². The quantitative estimate of drug-likeness (QED) is 0.0516. The molecule has 43 heavy (non-hydrogen) atoms. The lowest BCUT2D eigenvalue weighted by atomic mass is 9.92. The third kappa shape index (κ3) is 21.9. The van der Waals surface area contributed by atoms with E-state index in [0.29, 0.717) is 19.0 Å². The number of carbonyl (C=O) groups is 1. The van der Waals surface area contributed by atoms with Crippen LogP contribution in [0.15, 0.2) is 42.5 Å². The van der Waals surface area contributed by atoms with Gasteiger partial charge in [0.05, 0.1) is 13.2 Å². The van der Waals surface area contributed by atoms with Crippen molar-refractivity contribution in [2.75, 3.05) is 32.8 Å². The summed E-state index contributed by atoms with van der Waals surface area (Å²) >= 11 is 0. The van der Waals surface area contributed by atoms with E-state index in [0.717, 1.165) is 63.6 Å². The number of hydrogen-bond donors (Lipinski definition) is 0. The molecule has 2 atom stereocenters. The van der Waals surface area contributed by atoms with Crippen LogP contribution in [0.25, 0.3) is 0 Å². The van der Waals surface area contributed by atoms with Crippen LogP contribution in [0.3, 0.4) is 0 Å². The monoisotopic (exact) mass is 602 g/mol. The number of hydrogen-bond acceptors (Lipinski definition) is 6. The van der Waals surface area contributed by atoms with E-state index >= 15 is 0 Å². The molecule has 1 heterocycles. The van der Waals surface area contributed by atoms with Crippen LogP contribution in [0, 0.1) is 27.9 Å². The standard InChI is InChI=1S/C17H26.C12H22N2O5.C7H14/c1-15-9-8-14-17(15)13-7-3-6-12-16-10-4-2-5-11-16;15-11-18-9-2-6-13-7-4-12(5-8-13)3-1-10-19-14(16)17;1-3-5-7-6-4-2/h2,4-5,10-11,15,17H,3,6-9,12-14H2,1H3;11-12H,1-10H2;3,5H,4,6-7H2,1-2H3/b;;5-3-. The van der Waals surface area contributed by atoms with Crippen LogP contribution in [0.2, 0.25) is 0 Å². The lowest BCUT2D eigenvalue weighted by Crippen LogP contribution is -2.34. The van der Waals surface area contributed by atoms with Gasteiger partial charge in [-0.05, 0) is 94.7 Å². The molecule has 2 aliphatic rings. The zero-order valence-electron chi connectivity index (χ0n) is 27.6. The van der Waals surface area contributed by atoms with Gasteiger partial charge in [0.1, 0.15) is 0 Å². The highest BCUT2D eigenvalue weighted by Crippen LogP contribution is 2.34. The molecule has 2 fully saturated rings. The molecule has 2 unspecified atom stereocenters. The number of piperidine rings is 1. The molecule has 0 amide bonds. The van der Waals surface area contributed by atoms with Gasteiger partial charge in [-0.3, -0.25) is 4.79 Å². The molecule has 3 rings (SSSR count). The van der Waals surface area contributed by atoms with Gasteiger partial charge in [-0.1, -0.05) is 108 Å². The second kappa shape index (κ2) is 27.2. The molecule has 1 aliphatic heterocycles. The van der Waals surface area contributed by atoms with Crippen molar-refractivity contribution in [3.05, 3.63) is 58.2 Å². The fourth-order valence-corrected chi connectivity index (χ4v) is 6.13. The average Bonchev–Trinajstić information content (AvgIpc) is 3.43. The molecule has 7 nitrogen and oxygen atoms in total. The van der Waals surface area contributed by atoms with Gasteiger partial charge in [0.2, 0.25) is 0 Å². The first-order chi connectivity index (χ1) is 21.0. The van der Waals surface area contributed by atoms with Crippen LogP contribution < -0.4 is 0 Å². The highest BCUT2D eigenvalue weighted by atomic mass is 16.9. The summed E-state index contributed by atoms with van der Waals surface area (Å²) in [7, 11) is 0. The molecule has 1 aromatic rings. The molecule has 0 N–H and O–H groups in total. The lowest BCUT2D eigenvalue weighted by Gasteiger charge is -2.31. The average molecular weight is 603 g/mol. The second-order valence-corrected chi connectivity index (χ2v) is 12.3. The number of benzene rings is 1. The molecule has 0 radical (unpaired) electrons. The van der Waals surface area contributed by atoms with Gasteiger partial charge >= 0.3 is 0 Å². The molecule has 0 aromatic heterocycles. The molecule has 0 bridgehead atoms. The van der Waals surface area contributed by atoms with Crippen LogP contribution in [-0.2, 0) is 20.8 Å². The number of carbonyl (C=O) groups excluding carboxylic acids is 1. The first-order valence-corrected chi connectivity index (χ1v) is 17.2. The smallest absolute Gasteiger partial charge is 0.294 e. The van der Waals surface area contributed by atoms with Crippen molar-refractivity contribution >= 4 is 6.47 Å². The maximum absolute atomic E-state index is 9.99. The number of nitrogens with zero attached hydrogens (tertiary/aromatic N) is 2. The summed E-state index contributed by atoms with van der Waals surface area (Å²) in [5.41, 5.74) is 1.50. The Morgan fingerprint density at radius 1 is 0.953 bits per heavy atom. The topological polar surface area (TPSA) is 81.9 Å². The molecule has 1 saturated carbocycles. The zero-order valence-corrected chi connectivity index (χ0v) is 27.6. The number of rotatable bonds is 19. The Hall–Kier alpha value is -2.41. The number of ether oxygens (including phenoxy) is 1. The normalized spacial score (nSPS) is 18.8. The molecule has 1 aliphatic carbocycles. The molecule has 246 valence electrons. The summed E-state index contributed by atoms with van der Waals surface area (Å²) in [5.74, 6) is 2.70. The fraction of sp³-hybridized carbons (Fsp3) is 0.750. The van der Waals surface area contributed by atoms with Gasteiger partial charge in [0.25, 0.3) is 11.6 Å². The van der Waals surface area contributed by atoms with E-state index < -0.39 is 5.09 Å². The van der Waals surface area contributed by atoms with Crippen molar-refractivity contribution in [2.45, 2.75) is 124 Å². The summed E-state index contributed by atoms with van der Waals surface area (Å²) in [4.78, 5) is 26.6. The minimum absolute atomic E-state index is 0.205. The van der Waals surface area contributed by atoms with E-state index in [1.165, 1.54) is 76.2 Å². The molecule has 0 spiro atoms. The first-order valence-electron chi connectivity index (χ1n) is 17.2. The van der Waals surface area contributed by atoms with E-state index in [-0.39, 0.29) is 6.61 Å². The van der Waals surface area contributed by atoms with Crippen LogP contribution in [0.5, 0.6) is 0 Å². The molecular weight excluding hydrogens is 540 g/mol. The van der Waals surface area contributed by atoms with Crippen LogP contribution >= 0.6 is 0 Å². The van der Waals surface area contributed by atoms with E-state index in [4.69, 9.17) is 0 Å². The zero-order chi connectivity index (χ0) is 31.4. The number of allylic oxidation sites excluding steroid dienone is 2. The summed E-state index contributed by atoms with van der Waals surface area (Å²) in [6.07, 6.45) is 24.5.